The quantitative estimate of drug-likeness (QED) is 0.906. The monoisotopic (exact) mass is 264 g/mol. The second-order valence-corrected chi connectivity index (χ2v) is 5.46. The number of hydrogen-bond donors (Lipinski definition) is 1. The van der Waals surface area contributed by atoms with Crippen LogP contribution in [0.4, 0.5) is 0 Å². The minimum absolute atomic E-state index is 0.347. The molecule has 18 heavy (non-hydrogen) atoms. The van der Waals surface area contributed by atoms with E-state index in [0.717, 1.165) is 11.1 Å². The van der Waals surface area contributed by atoms with Gasteiger partial charge in [-0.05, 0) is 41.1 Å². The molecule has 1 aliphatic rings. The average Bonchev–Trinajstić information content (AvgIpc) is 2.77. The van der Waals surface area contributed by atoms with Crippen LogP contribution in [0.25, 0.3) is 11.4 Å². The number of nitrogens with zero attached hydrogens (tertiary/aromatic N) is 4. The van der Waals surface area contributed by atoms with Crippen LogP contribution in [0.1, 0.15) is 18.4 Å². The predicted molar refractivity (Wildman–Crippen MR) is 65.2 cm³/mol. The minimum atomic E-state index is -0.758. The zero-order valence-corrected chi connectivity index (χ0v) is 10.6. The van der Waals surface area contributed by atoms with E-state index in [1.165, 1.54) is 0 Å². The number of carbonyl (C=O) groups is 1. The molecular weight excluding hydrogens is 252 g/mol. The molecule has 94 valence electrons. The van der Waals surface area contributed by atoms with Crippen LogP contribution in [-0.4, -0.2) is 31.3 Å². The van der Waals surface area contributed by atoms with Crippen molar-refractivity contribution in [1.82, 2.24) is 20.2 Å². The Morgan fingerprint density at radius 1 is 1.56 bits per heavy atom. The fraction of sp³-hybridized carbons (Fsp3) is 0.455. The first-order valence-corrected chi connectivity index (χ1v) is 6.59. The number of thiophene rings is 1. The van der Waals surface area contributed by atoms with Crippen LogP contribution in [-0.2, 0) is 11.3 Å². The second kappa shape index (κ2) is 3.88. The summed E-state index contributed by atoms with van der Waals surface area (Å²) in [7, 11) is 0. The lowest BCUT2D eigenvalue weighted by atomic mass is 10.1. The summed E-state index contributed by atoms with van der Waals surface area (Å²) in [5, 5.41) is 24.8. The lowest BCUT2D eigenvalue weighted by Gasteiger charge is -2.10. The molecule has 0 amide bonds. The van der Waals surface area contributed by atoms with Crippen molar-refractivity contribution in [1.29, 1.82) is 0 Å². The zero-order chi connectivity index (χ0) is 12.8. The van der Waals surface area contributed by atoms with Crippen molar-refractivity contribution in [2.24, 2.45) is 5.41 Å². The molecule has 2 aromatic heterocycles. The van der Waals surface area contributed by atoms with E-state index in [9.17, 15) is 9.90 Å². The van der Waals surface area contributed by atoms with Gasteiger partial charge in [0.05, 0.1) is 12.0 Å². The molecule has 0 spiro atoms. The van der Waals surface area contributed by atoms with E-state index in [2.05, 4.69) is 15.5 Å². The molecule has 0 bridgehead atoms. The molecule has 0 unspecified atom stereocenters. The molecule has 2 aromatic rings. The molecule has 0 aromatic carbocycles. The maximum atomic E-state index is 11.2. The molecule has 3 rings (SSSR count). The van der Waals surface area contributed by atoms with Gasteiger partial charge in [0.2, 0.25) is 0 Å². The highest BCUT2D eigenvalue weighted by Gasteiger charge is 2.51. The normalized spacial score (nSPS) is 16.7. The Kier molecular flexibility index (Phi) is 2.44. The fourth-order valence-electron chi connectivity index (χ4n) is 1.97. The smallest absolute Gasteiger partial charge is 0.311 e. The summed E-state index contributed by atoms with van der Waals surface area (Å²) in [4.78, 5) is 11.2. The molecule has 1 saturated carbocycles. The van der Waals surface area contributed by atoms with E-state index < -0.39 is 11.4 Å². The summed E-state index contributed by atoms with van der Waals surface area (Å²) in [5.41, 5.74) is 1.43. The van der Waals surface area contributed by atoms with Crippen molar-refractivity contribution in [3.05, 3.63) is 16.3 Å². The molecule has 0 aliphatic heterocycles. The number of aliphatic carboxylic acids is 1. The van der Waals surface area contributed by atoms with Gasteiger partial charge < -0.3 is 5.11 Å². The van der Waals surface area contributed by atoms with Gasteiger partial charge in [-0.1, -0.05) is 0 Å². The average molecular weight is 264 g/mol. The van der Waals surface area contributed by atoms with Crippen LogP contribution in [0.5, 0.6) is 0 Å². The minimum Gasteiger partial charge on any atom is -0.481 e. The number of carboxylic acids is 1. The van der Waals surface area contributed by atoms with Crippen molar-refractivity contribution in [2.45, 2.75) is 26.3 Å². The Labute approximate surface area is 107 Å². The number of rotatable bonds is 4. The second-order valence-electron chi connectivity index (χ2n) is 4.71. The molecular formula is C11H12N4O2S. The van der Waals surface area contributed by atoms with Crippen molar-refractivity contribution in [3.63, 3.8) is 0 Å². The summed E-state index contributed by atoms with van der Waals surface area (Å²) in [6, 6.07) is 0. The Hall–Kier alpha value is -1.76. The van der Waals surface area contributed by atoms with Gasteiger partial charge in [-0.3, -0.25) is 4.79 Å². The standard InChI is InChI=1S/C11H12N4O2S/c1-7-4-18-5-8(7)9-12-13-14-15(9)6-11(2-3-11)10(16)17/h4-5H,2-3,6H2,1H3,(H,16,17). The summed E-state index contributed by atoms with van der Waals surface area (Å²) in [6.07, 6.45) is 1.40. The van der Waals surface area contributed by atoms with E-state index in [0.29, 0.717) is 25.2 Å². The van der Waals surface area contributed by atoms with Gasteiger partial charge in [-0.15, -0.1) is 5.10 Å². The molecule has 2 heterocycles. The largest absolute Gasteiger partial charge is 0.481 e. The molecule has 1 aliphatic carbocycles. The Bertz CT molecular complexity index is 600. The molecule has 0 radical (unpaired) electrons. The molecule has 0 saturated heterocycles. The van der Waals surface area contributed by atoms with Gasteiger partial charge >= 0.3 is 5.97 Å². The topological polar surface area (TPSA) is 80.9 Å². The van der Waals surface area contributed by atoms with Crippen LogP contribution < -0.4 is 0 Å². The Morgan fingerprint density at radius 2 is 2.33 bits per heavy atom. The first-order chi connectivity index (χ1) is 8.62. The number of aryl methyl sites for hydroxylation is 1. The summed E-state index contributed by atoms with van der Waals surface area (Å²) >= 11 is 1.59. The van der Waals surface area contributed by atoms with Crippen molar-refractivity contribution in [2.75, 3.05) is 0 Å². The third-order valence-corrected chi connectivity index (χ3v) is 4.25. The highest BCUT2D eigenvalue weighted by atomic mass is 32.1. The third-order valence-electron chi connectivity index (χ3n) is 3.39. The van der Waals surface area contributed by atoms with E-state index >= 15 is 0 Å². The maximum Gasteiger partial charge on any atom is 0.311 e. The lowest BCUT2D eigenvalue weighted by Crippen LogP contribution is -2.22. The number of carboxylic acid groups (broad SMARTS) is 1. The van der Waals surface area contributed by atoms with Gasteiger partial charge in [-0.2, -0.15) is 11.3 Å². The summed E-state index contributed by atoms with van der Waals surface area (Å²) in [6.45, 7) is 2.34. The van der Waals surface area contributed by atoms with Crippen LogP contribution in [0.15, 0.2) is 10.8 Å². The van der Waals surface area contributed by atoms with Crippen LogP contribution >= 0.6 is 11.3 Å². The maximum absolute atomic E-state index is 11.2. The highest BCUT2D eigenvalue weighted by molar-refractivity contribution is 7.08. The Morgan fingerprint density at radius 3 is 2.89 bits per heavy atom. The molecule has 7 heteroatoms. The van der Waals surface area contributed by atoms with E-state index in [-0.39, 0.29) is 0 Å². The predicted octanol–water partition coefficient (Wildman–Crippen LogP) is 1.57. The number of hydrogen-bond acceptors (Lipinski definition) is 5. The Balaban J connectivity index is 1.94. The first kappa shape index (κ1) is 11.3. The molecule has 0 atom stereocenters. The van der Waals surface area contributed by atoms with Gasteiger partial charge in [0.1, 0.15) is 0 Å². The lowest BCUT2D eigenvalue weighted by molar-refractivity contribution is -0.144. The van der Waals surface area contributed by atoms with Crippen LogP contribution in [0, 0.1) is 12.3 Å². The van der Waals surface area contributed by atoms with Crippen molar-refractivity contribution in [3.8, 4) is 11.4 Å². The van der Waals surface area contributed by atoms with Crippen molar-refractivity contribution >= 4 is 17.3 Å². The van der Waals surface area contributed by atoms with Gasteiger partial charge in [0, 0.05) is 10.9 Å². The molecule has 6 nitrogen and oxygen atoms in total. The number of aromatic nitrogens is 4. The van der Waals surface area contributed by atoms with Crippen LogP contribution in [0.3, 0.4) is 0 Å². The SMILES string of the molecule is Cc1cscc1-c1nnnn1CC1(C(=O)O)CC1. The summed E-state index contributed by atoms with van der Waals surface area (Å²) < 4.78 is 1.61. The van der Waals surface area contributed by atoms with E-state index in [4.69, 9.17) is 0 Å². The molecule has 1 N–H and O–H groups in total. The van der Waals surface area contributed by atoms with Crippen LogP contribution in [0.2, 0.25) is 0 Å². The first-order valence-electron chi connectivity index (χ1n) is 5.65. The van der Waals surface area contributed by atoms with Gasteiger partial charge in [0.15, 0.2) is 5.82 Å². The van der Waals surface area contributed by atoms with Gasteiger partial charge in [-0.25, -0.2) is 4.68 Å². The summed E-state index contributed by atoms with van der Waals surface area (Å²) in [5.74, 6) is -0.104. The van der Waals surface area contributed by atoms with E-state index in [1.54, 1.807) is 16.0 Å². The fourth-order valence-corrected chi connectivity index (χ4v) is 2.80. The third kappa shape index (κ3) is 1.71. The van der Waals surface area contributed by atoms with E-state index in [1.807, 2.05) is 17.7 Å². The highest BCUT2D eigenvalue weighted by Crippen LogP contribution is 2.47. The van der Waals surface area contributed by atoms with Gasteiger partial charge in [0.25, 0.3) is 0 Å². The zero-order valence-electron chi connectivity index (χ0n) is 9.83. The number of tetrazole rings is 1. The van der Waals surface area contributed by atoms with Crippen molar-refractivity contribution < 1.29 is 9.90 Å². The molecule has 1 fully saturated rings.